The van der Waals surface area contributed by atoms with Crippen LogP contribution in [0.1, 0.15) is 24.8 Å². The van der Waals surface area contributed by atoms with Crippen LogP contribution in [0.25, 0.3) is 0 Å². The summed E-state index contributed by atoms with van der Waals surface area (Å²) in [6.45, 7) is 1.91. The van der Waals surface area contributed by atoms with Gasteiger partial charge in [0.15, 0.2) is 0 Å². The van der Waals surface area contributed by atoms with Crippen LogP contribution in [-0.4, -0.2) is 25.0 Å². The molecule has 96 valence electrons. The minimum atomic E-state index is -0.258. The van der Waals surface area contributed by atoms with Crippen LogP contribution in [0.3, 0.4) is 0 Å². The van der Waals surface area contributed by atoms with Crippen LogP contribution in [0.2, 0.25) is 0 Å². The Balaban J connectivity index is 1.75. The van der Waals surface area contributed by atoms with Gasteiger partial charge >= 0.3 is 0 Å². The Kier molecular flexibility index (Phi) is 3.16. The van der Waals surface area contributed by atoms with Crippen molar-refractivity contribution in [3.8, 4) is 0 Å². The second-order valence-corrected chi connectivity index (χ2v) is 6.17. The van der Waals surface area contributed by atoms with Gasteiger partial charge in [-0.25, -0.2) is 0 Å². The number of benzene rings is 1. The van der Waals surface area contributed by atoms with Gasteiger partial charge in [-0.15, -0.1) is 0 Å². The lowest BCUT2D eigenvalue weighted by molar-refractivity contribution is -0.124. The van der Waals surface area contributed by atoms with Crippen molar-refractivity contribution in [2.75, 3.05) is 13.1 Å². The number of nitrogens with one attached hydrogen (secondary N) is 2. The zero-order valence-electron chi connectivity index (χ0n) is 10.2. The van der Waals surface area contributed by atoms with Gasteiger partial charge in [0.1, 0.15) is 0 Å². The van der Waals surface area contributed by atoms with Crippen LogP contribution in [-0.2, 0) is 10.2 Å². The van der Waals surface area contributed by atoms with Gasteiger partial charge in [-0.1, -0.05) is 28.1 Å². The summed E-state index contributed by atoms with van der Waals surface area (Å²) in [7, 11) is 0. The average molecular weight is 309 g/mol. The zero-order chi connectivity index (χ0) is 12.6. The van der Waals surface area contributed by atoms with E-state index < -0.39 is 0 Å². The predicted molar refractivity (Wildman–Crippen MR) is 74.5 cm³/mol. The Morgan fingerprint density at radius 1 is 1.44 bits per heavy atom. The Morgan fingerprint density at radius 3 is 2.89 bits per heavy atom. The Labute approximate surface area is 115 Å². The molecule has 1 heterocycles. The first-order valence-electron chi connectivity index (χ1n) is 6.48. The Morgan fingerprint density at radius 2 is 2.28 bits per heavy atom. The first-order chi connectivity index (χ1) is 8.71. The highest BCUT2D eigenvalue weighted by atomic mass is 79.9. The van der Waals surface area contributed by atoms with E-state index in [-0.39, 0.29) is 11.3 Å². The van der Waals surface area contributed by atoms with Crippen molar-refractivity contribution in [2.45, 2.75) is 30.7 Å². The lowest BCUT2D eigenvalue weighted by Gasteiger charge is -2.19. The van der Waals surface area contributed by atoms with Crippen LogP contribution in [0.4, 0.5) is 0 Å². The molecule has 0 bridgehead atoms. The molecule has 1 saturated heterocycles. The van der Waals surface area contributed by atoms with Crippen LogP contribution in [0.15, 0.2) is 28.7 Å². The van der Waals surface area contributed by atoms with E-state index in [0.717, 1.165) is 42.4 Å². The fourth-order valence-corrected chi connectivity index (χ4v) is 3.06. The standard InChI is InChI=1S/C14H17BrN2O/c15-11-3-1-2-10(8-11)14(5-6-14)13(18)17-12-4-7-16-9-12/h1-3,8,12,16H,4-7,9H2,(H,17,18). The number of halogens is 1. The second kappa shape index (κ2) is 4.67. The fourth-order valence-electron chi connectivity index (χ4n) is 2.66. The van der Waals surface area contributed by atoms with E-state index in [0.29, 0.717) is 6.04 Å². The molecule has 1 amide bonds. The Bertz CT molecular complexity index is 465. The SMILES string of the molecule is O=C(NC1CCNC1)C1(c2cccc(Br)c2)CC1. The third-order valence-corrected chi connectivity index (χ3v) is 4.45. The molecule has 2 fully saturated rings. The summed E-state index contributed by atoms with van der Waals surface area (Å²) in [6, 6.07) is 8.44. The van der Waals surface area contributed by atoms with Crippen LogP contribution in [0.5, 0.6) is 0 Å². The number of hydrogen-bond acceptors (Lipinski definition) is 2. The van der Waals surface area contributed by atoms with E-state index in [4.69, 9.17) is 0 Å². The average Bonchev–Trinajstić information content (AvgIpc) is 3.03. The third kappa shape index (κ3) is 2.19. The molecular weight excluding hydrogens is 292 g/mol. The lowest BCUT2D eigenvalue weighted by Crippen LogP contribution is -2.42. The number of amides is 1. The van der Waals surface area contributed by atoms with E-state index in [2.05, 4.69) is 38.7 Å². The van der Waals surface area contributed by atoms with Crippen LogP contribution >= 0.6 is 15.9 Å². The minimum absolute atomic E-state index is 0.203. The minimum Gasteiger partial charge on any atom is -0.351 e. The molecule has 0 spiro atoms. The molecule has 0 aromatic heterocycles. The molecule has 0 radical (unpaired) electrons. The molecule has 3 rings (SSSR count). The highest BCUT2D eigenvalue weighted by Crippen LogP contribution is 2.48. The summed E-state index contributed by atoms with van der Waals surface area (Å²) < 4.78 is 1.04. The van der Waals surface area contributed by atoms with Gasteiger partial charge in [-0.05, 0) is 43.5 Å². The second-order valence-electron chi connectivity index (χ2n) is 5.26. The van der Waals surface area contributed by atoms with Gasteiger partial charge in [-0.3, -0.25) is 4.79 Å². The van der Waals surface area contributed by atoms with Gasteiger partial charge in [0.05, 0.1) is 5.41 Å². The number of carbonyl (C=O) groups is 1. The quantitative estimate of drug-likeness (QED) is 0.896. The van der Waals surface area contributed by atoms with Gasteiger partial charge in [0.25, 0.3) is 0 Å². The summed E-state index contributed by atoms with van der Waals surface area (Å²) in [5, 5.41) is 6.46. The molecule has 1 aromatic rings. The van der Waals surface area contributed by atoms with Crippen molar-refractivity contribution >= 4 is 21.8 Å². The molecule has 1 atom stereocenters. The number of rotatable bonds is 3. The lowest BCUT2D eigenvalue weighted by atomic mass is 9.94. The summed E-state index contributed by atoms with van der Waals surface area (Å²) in [5.74, 6) is 0.203. The van der Waals surface area contributed by atoms with Crippen molar-refractivity contribution in [2.24, 2.45) is 0 Å². The van der Waals surface area contributed by atoms with Gasteiger partial charge in [0, 0.05) is 17.1 Å². The maximum atomic E-state index is 12.4. The molecule has 4 heteroatoms. The molecule has 2 N–H and O–H groups in total. The van der Waals surface area contributed by atoms with E-state index in [1.807, 2.05) is 12.1 Å². The number of hydrogen-bond donors (Lipinski definition) is 2. The van der Waals surface area contributed by atoms with Gasteiger partial charge in [0.2, 0.25) is 5.91 Å². The van der Waals surface area contributed by atoms with Crippen LogP contribution < -0.4 is 10.6 Å². The normalized spacial score (nSPS) is 24.8. The van der Waals surface area contributed by atoms with Crippen molar-refractivity contribution in [3.05, 3.63) is 34.3 Å². The maximum absolute atomic E-state index is 12.4. The third-order valence-electron chi connectivity index (χ3n) is 3.96. The van der Waals surface area contributed by atoms with Crippen molar-refractivity contribution in [1.82, 2.24) is 10.6 Å². The zero-order valence-corrected chi connectivity index (χ0v) is 11.8. The molecule has 18 heavy (non-hydrogen) atoms. The summed E-state index contributed by atoms with van der Waals surface area (Å²) in [4.78, 5) is 12.4. The molecular formula is C14H17BrN2O. The molecule has 1 unspecified atom stereocenters. The first kappa shape index (κ1) is 12.2. The maximum Gasteiger partial charge on any atom is 0.230 e. The largest absolute Gasteiger partial charge is 0.351 e. The molecule has 1 aromatic carbocycles. The van der Waals surface area contributed by atoms with Crippen molar-refractivity contribution < 1.29 is 4.79 Å². The number of carbonyl (C=O) groups excluding carboxylic acids is 1. The molecule has 1 aliphatic carbocycles. The van der Waals surface area contributed by atoms with Gasteiger partial charge in [-0.2, -0.15) is 0 Å². The molecule has 1 aliphatic heterocycles. The van der Waals surface area contributed by atoms with E-state index in [9.17, 15) is 4.79 Å². The van der Waals surface area contributed by atoms with E-state index in [1.165, 1.54) is 0 Å². The van der Waals surface area contributed by atoms with Crippen LogP contribution in [0, 0.1) is 0 Å². The van der Waals surface area contributed by atoms with Crippen molar-refractivity contribution in [1.29, 1.82) is 0 Å². The van der Waals surface area contributed by atoms with E-state index >= 15 is 0 Å². The topological polar surface area (TPSA) is 41.1 Å². The smallest absolute Gasteiger partial charge is 0.230 e. The van der Waals surface area contributed by atoms with Crippen molar-refractivity contribution in [3.63, 3.8) is 0 Å². The summed E-state index contributed by atoms with van der Waals surface area (Å²) >= 11 is 3.48. The Hall–Kier alpha value is -0.870. The van der Waals surface area contributed by atoms with Gasteiger partial charge < -0.3 is 10.6 Å². The first-order valence-corrected chi connectivity index (χ1v) is 7.28. The molecule has 1 saturated carbocycles. The highest BCUT2D eigenvalue weighted by molar-refractivity contribution is 9.10. The predicted octanol–water partition coefficient (Wildman–Crippen LogP) is 1.96. The molecule has 3 nitrogen and oxygen atoms in total. The fraction of sp³-hybridized carbons (Fsp3) is 0.500. The summed E-state index contributed by atoms with van der Waals surface area (Å²) in [6.07, 6.45) is 2.98. The monoisotopic (exact) mass is 308 g/mol. The molecule has 2 aliphatic rings. The summed E-state index contributed by atoms with van der Waals surface area (Å²) in [5.41, 5.74) is 0.882. The highest BCUT2D eigenvalue weighted by Gasteiger charge is 2.51. The van der Waals surface area contributed by atoms with E-state index in [1.54, 1.807) is 0 Å².